The molecule has 0 saturated carbocycles. The van der Waals surface area contributed by atoms with E-state index in [9.17, 15) is 0 Å². The molecule has 1 N–H and O–H groups in total. The molecule has 2 rings (SSSR count). The molecule has 2 heterocycles. The van der Waals surface area contributed by atoms with Crippen LogP contribution in [0.3, 0.4) is 0 Å². The second-order valence-corrected chi connectivity index (χ2v) is 6.80. The van der Waals surface area contributed by atoms with E-state index >= 15 is 0 Å². The van der Waals surface area contributed by atoms with Crippen LogP contribution < -0.4 is 5.32 Å². The summed E-state index contributed by atoms with van der Waals surface area (Å²) in [4.78, 5) is 1.04. The molecule has 5 nitrogen and oxygen atoms in total. The van der Waals surface area contributed by atoms with Crippen molar-refractivity contribution in [2.75, 3.05) is 6.54 Å². The first-order valence-corrected chi connectivity index (χ1v) is 7.47. The van der Waals surface area contributed by atoms with Crippen molar-refractivity contribution >= 4 is 22.9 Å². The molecular weight excluding hydrogens is 266 g/mol. The molecular formula is C11H17N5S2. The second kappa shape index (κ2) is 5.38. The Bertz CT molecular complexity index is 511. The Balaban J connectivity index is 2.27. The normalized spacial score (nSPS) is 12.0. The van der Waals surface area contributed by atoms with E-state index in [1.54, 1.807) is 11.3 Å². The van der Waals surface area contributed by atoms with E-state index in [2.05, 4.69) is 52.8 Å². The predicted molar refractivity (Wildman–Crippen MR) is 74.9 cm³/mol. The van der Waals surface area contributed by atoms with Crippen molar-refractivity contribution in [1.29, 1.82) is 0 Å². The molecule has 0 spiro atoms. The van der Waals surface area contributed by atoms with E-state index in [0.29, 0.717) is 0 Å². The molecule has 0 aromatic carbocycles. The van der Waals surface area contributed by atoms with Crippen molar-refractivity contribution < 1.29 is 0 Å². The van der Waals surface area contributed by atoms with Gasteiger partial charge in [0.05, 0.1) is 5.69 Å². The maximum Gasteiger partial charge on any atom is 0.161 e. The maximum atomic E-state index is 4.24. The van der Waals surface area contributed by atoms with Crippen molar-refractivity contribution in [2.45, 2.75) is 39.7 Å². The van der Waals surface area contributed by atoms with E-state index in [-0.39, 0.29) is 5.41 Å². The van der Waals surface area contributed by atoms with Crippen LogP contribution in [-0.4, -0.2) is 26.3 Å². The van der Waals surface area contributed by atoms with Gasteiger partial charge in [-0.2, -0.15) is 0 Å². The summed E-state index contributed by atoms with van der Waals surface area (Å²) in [5.74, 6) is 0. The Morgan fingerprint density at radius 1 is 1.17 bits per heavy atom. The third kappa shape index (κ3) is 2.90. The van der Waals surface area contributed by atoms with Crippen LogP contribution >= 0.6 is 22.9 Å². The fraction of sp³-hybridized carbons (Fsp3) is 0.636. The smallest absolute Gasteiger partial charge is 0.161 e. The zero-order valence-corrected chi connectivity index (χ0v) is 12.7. The van der Waals surface area contributed by atoms with Crippen LogP contribution in [0.5, 0.6) is 0 Å². The monoisotopic (exact) mass is 283 g/mol. The van der Waals surface area contributed by atoms with Gasteiger partial charge in [0.2, 0.25) is 0 Å². The van der Waals surface area contributed by atoms with Gasteiger partial charge in [-0.05, 0) is 18.1 Å². The largest absolute Gasteiger partial charge is 0.311 e. The van der Waals surface area contributed by atoms with E-state index in [1.807, 2.05) is 0 Å². The fourth-order valence-electron chi connectivity index (χ4n) is 1.47. The zero-order chi connectivity index (χ0) is 13.2. The Labute approximate surface area is 115 Å². The lowest BCUT2D eigenvalue weighted by molar-refractivity contribution is 0.568. The lowest BCUT2D eigenvalue weighted by Gasteiger charge is -2.15. The minimum Gasteiger partial charge on any atom is -0.311 e. The van der Waals surface area contributed by atoms with E-state index in [0.717, 1.165) is 33.7 Å². The van der Waals surface area contributed by atoms with Crippen molar-refractivity contribution in [1.82, 2.24) is 25.1 Å². The number of nitrogens with one attached hydrogen (secondary N) is 1. The highest BCUT2D eigenvalue weighted by atomic mass is 32.1. The first-order chi connectivity index (χ1) is 8.52. The molecule has 0 bridgehead atoms. The Hall–Kier alpha value is -0.920. The average molecular weight is 283 g/mol. The van der Waals surface area contributed by atoms with E-state index in [4.69, 9.17) is 0 Å². The first kappa shape index (κ1) is 13.5. The van der Waals surface area contributed by atoms with Crippen LogP contribution in [0.15, 0.2) is 0 Å². The first-order valence-electron chi connectivity index (χ1n) is 5.88. The zero-order valence-electron chi connectivity index (χ0n) is 11.0. The van der Waals surface area contributed by atoms with Gasteiger partial charge in [0.1, 0.15) is 9.88 Å². The summed E-state index contributed by atoms with van der Waals surface area (Å²) in [6.45, 7) is 10.2. The number of rotatable bonds is 4. The molecule has 0 aliphatic rings. The highest BCUT2D eigenvalue weighted by Crippen LogP contribution is 2.35. The number of hydrogen-bond donors (Lipinski definition) is 1. The molecule has 0 atom stereocenters. The van der Waals surface area contributed by atoms with Gasteiger partial charge in [0.25, 0.3) is 0 Å². The minimum atomic E-state index is -0.0180. The van der Waals surface area contributed by atoms with E-state index in [1.165, 1.54) is 11.5 Å². The van der Waals surface area contributed by atoms with Crippen LogP contribution in [0.4, 0.5) is 0 Å². The standard InChI is InChI=1S/C11H17N5S2/c1-5-12-6-7-13-15-10(17-7)8-9(11(2,3)4)14-16-18-8/h12H,5-6H2,1-4H3. The van der Waals surface area contributed by atoms with Gasteiger partial charge in [0.15, 0.2) is 5.01 Å². The Morgan fingerprint density at radius 3 is 2.61 bits per heavy atom. The molecule has 18 heavy (non-hydrogen) atoms. The van der Waals surface area contributed by atoms with Gasteiger partial charge in [-0.1, -0.05) is 43.5 Å². The fourth-order valence-corrected chi connectivity index (χ4v) is 3.21. The van der Waals surface area contributed by atoms with Gasteiger partial charge >= 0.3 is 0 Å². The number of nitrogens with zero attached hydrogens (tertiary/aromatic N) is 4. The SMILES string of the molecule is CCNCc1nnc(-c2snnc2C(C)(C)C)s1. The average Bonchev–Trinajstić information content (AvgIpc) is 2.93. The quantitative estimate of drug-likeness (QED) is 0.934. The third-order valence-electron chi connectivity index (χ3n) is 2.39. The summed E-state index contributed by atoms with van der Waals surface area (Å²) < 4.78 is 4.05. The van der Waals surface area contributed by atoms with Gasteiger partial charge in [-0.25, -0.2) is 0 Å². The molecule has 0 amide bonds. The van der Waals surface area contributed by atoms with Gasteiger partial charge in [-0.3, -0.25) is 0 Å². The molecule has 2 aromatic heterocycles. The molecule has 0 saturated heterocycles. The van der Waals surface area contributed by atoms with Crippen LogP contribution in [0.1, 0.15) is 38.4 Å². The molecule has 0 unspecified atom stereocenters. The van der Waals surface area contributed by atoms with Crippen LogP contribution in [-0.2, 0) is 12.0 Å². The third-order valence-corrected chi connectivity index (χ3v) is 4.19. The molecule has 0 fully saturated rings. The lowest BCUT2D eigenvalue weighted by atomic mass is 9.91. The Kier molecular flexibility index (Phi) is 4.04. The van der Waals surface area contributed by atoms with Crippen molar-refractivity contribution in [3.05, 3.63) is 10.7 Å². The number of hydrogen-bond acceptors (Lipinski definition) is 7. The topological polar surface area (TPSA) is 63.6 Å². The summed E-state index contributed by atoms with van der Waals surface area (Å²) in [6.07, 6.45) is 0. The summed E-state index contributed by atoms with van der Waals surface area (Å²) in [5, 5.41) is 17.8. The van der Waals surface area contributed by atoms with Gasteiger partial charge in [0, 0.05) is 12.0 Å². The lowest BCUT2D eigenvalue weighted by Crippen LogP contribution is -2.12. The maximum absolute atomic E-state index is 4.24. The van der Waals surface area contributed by atoms with Crippen LogP contribution in [0, 0.1) is 0 Å². The molecule has 98 valence electrons. The van der Waals surface area contributed by atoms with Crippen molar-refractivity contribution in [3.8, 4) is 9.88 Å². The van der Waals surface area contributed by atoms with E-state index < -0.39 is 0 Å². The predicted octanol–water partition coefficient (Wildman–Crippen LogP) is 2.46. The molecule has 0 aliphatic carbocycles. The van der Waals surface area contributed by atoms with Gasteiger partial charge < -0.3 is 5.32 Å². The molecule has 7 heteroatoms. The number of aromatic nitrogens is 4. The second-order valence-electron chi connectivity index (χ2n) is 4.98. The van der Waals surface area contributed by atoms with Gasteiger partial charge in [-0.15, -0.1) is 15.3 Å². The summed E-state index contributed by atoms with van der Waals surface area (Å²) in [6, 6.07) is 0. The highest BCUT2D eigenvalue weighted by Gasteiger charge is 2.25. The van der Waals surface area contributed by atoms with Crippen molar-refractivity contribution in [2.24, 2.45) is 0 Å². The summed E-state index contributed by atoms with van der Waals surface area (Å²) in [7, 11) is 0. The summed E-state index contributed by atoms with van der Waals surface area (Å²) >= 11 is 3.00. The highest BCUT2D eigenvalue weighted by molar-refractivity contribution is 7.19. The minimum absolute atomic E-state index is 0.0180. The molecule has 2 aromatic rings. The summed E-state index contributed by atoms with van der Waals surface area (Å²) in [5.41, 5.74) is 0.981. The van der Waals surface area contributed by atoms with Crippen LogP contribution in [0.2, 0.25) is 0 Å². The molecule has 0 aliphatic heterocycles. The molecule has 0 radical (unpaired) electrons. The van der Waals surface area contributed by atoms with Crippen molar-refractivity contribution in [3.63, 3.8) is 0 Å². The Morgan fingerprint density at radius 2 is 1.94 bits per heavy atom. The van der Waals surface area contributed by atoms with Crippen LogP contribution in [0.25, 0.3) is 9.88 Å².